The molecule has 1 heterocycles. The highest BCUT2D eigenvalue weighted by Crippen LogP contribution is 2.20. The number of hydrogen-bond acceptors (Lipinski definition) is 3. The van der Waals surface area contributed by atoms with Crippen molar-refractivity contribution in [2.45, 2.75) is 0 Å². The second-order valence-corrected chi connectivity index (χ2v) is 4.47. The molecule has 1 aromatic heterocycles. The number of halogens is 2. The zero-order chi connectivity index (χ0) is 13.8. The molecule has 0 atom stereocenters. The molecule has 0 aliphatic carbocycles. The Morgan fingerprint density at radius 3 is 2.58 bits per heavy atom. The lowest BCUT2D eigenvalue weighted by atomic mass is 10.2. The Morgan fingerprint density at radius 2 is 1.95 bits per heavy atom. The lowest BCUT2D eigenvalue weighted by molar-refractivity contribution is 0.102. The van der Waals surface area contributed by atoms with Gasteiger partial charge in [0.2, 0.25) is 0 Å². The van der Waals surface area contributed by atoms with Crippen molar-refractivity contribution < 1.29 is 9.53 Å². The van der Waals surface area contributed by atoms with Crippen LogP contribution in [-0.2, 0) is 0 Å². The lowest BCUT2D eigenvalue weighted by Crippen LogP contribution is -2.13. The summed E-state index contributed by atoms with van der Waals surface area (Å²) in [6.07, 6.45) is 1.38. The maximum absolute atomic E-state index is 12.0. The fraction of sp³-hybridized carbons (Fsp3) is 0.0769. The minimum atomic E-state index is -0.370. The third kappa shape index (κ3) is 3.36. The first kappa shape index (κ1) is 13.6. The van der Waals surface area contributed by atoms with Crippen molar-refractivity contribution in [1.82, 2.24) is 4.98 Å². The number of methoxy groups -OCH3 is 1. The van der Waals surface area contributed by atoms with Gasteiger partial charge in [-0.2, -0.15) is 0 Å². The number of pyridine rings is 1. The fourth-order valence-corrected chi connectivity index (χ4v) is 1.80. The molecule has 1 N–H and O–H groups in total. The monoisotopic (exact) mass is 296 g/mol. The normalized spacial score (nSPS) is 10.1. The summed E-state index contributed by atoms with van der Waals surface area (Å²) in [7, 11) is 1.57. The van der Waals surface area contributed by atoms with E-state index >= 15 is 0 Å². The first-order chi connectivity index (χ1) is 9.10. The summed E-state index contributed by atoms with van der Waals surface area (Å²) < 4.78 is 5.03. The SMILES string of the molecule is COc1ccc(NC(=O)c2cc(Cl)cnc2Cl)cc1. The topological polar surface area (TPSA) is 51.2 Å². The number of carbonyl (C=O) groups is 1. The van der Waals surface area contributed by atoms with Gasteiger partial charge in [0.1, 0.15) is 10.9 Å². The maximum atomic E-state index is 12.0. The van der Waals surface area contributed by atoms with Crippen LogP contribution in [-0.4, -0.2) is 18.0 Å². The molecule has 1 aromatic carbocycles. The molecule has 2 rings (SSSR count). The predicted molar refractivity (Wildman–Crippen MR) is 75.2 cm³/mol. The minimum Gasteiger partial charge on any atom is -0.497 e. The van der Waals surface area contributed by atoms with Gasteiger partial charge in [0.25, 0.3) is 5.91 Å². The maximum Gasteiger partial charge on any atom is 0.258 e. The molecule has 0 bridgehead atoms. The van der Waals surface area contributed by atoms with Crippen molar-refractivity contribution in [2.24, 2.45) is 0 Å². The van der Waals surface area contributed by atoms with E-state index in [1.807, 2.05) is 0 Å². The Kier molecular flexibility index (Phi) is 4.24. The summed E-state index contributed by atoms with van der Waals surface area (Å²) in [6.45, 7) is 0. The summed E-state index contributed by atoms with van der Waals surface area (Å²) in [5, 5.41) is 3.16. The van der Waals surface area contributed by atoms with Crippen LogP contribution in [0.3, 0.4) is 0 Å². The quantitative estimate of drug-likeness (QED) is 0.880. The Labute approximate surface area is 120 Å². The number of nitrogens with one attached hydrogen (secondary N) is 1. The number of aromatic nitrogens is 1. The molecule has 4 nitrogen and oxygen atoms in total. The molecule has 0 aliphatic heterocycles. The van der Waals surface area contributed by atoms with Crippen LogP contribution in [0.1, 0.15) is 10.4 Å². The Bertz CT molecular complexity index is 600. The number of benzene rings is 1. The molecule has 2 aromatic rings. The van der Waals surface area contributed by atoms with Crippen molar-refractivity contribution in [3.8, 4) is 5.75 Å². The van der Waals surface area contributed by atoms with Crippen molar-refractivity contribution in [1.29, 1.82) is 0 Å². The smallest absolute Gasteiger partial charge is 0.258 e. The molecular weight excluding hydrogens is 287 g/mol. The Hall–Kier alpha value is -1.78. The Morgan fingerprint density at radius 1 is 1.26 bits per heavy atom. The van der Waals surface area contributed by atoms with Crippen LogP contribution in [0.4, 0.5) is 5.69 Å². The fourth-order valence-electron chi connectivity index (χ4n) is 1.45. The predicted octanol–water partition coefficient (Wildman–Crippen LogP) is 3.65. The molecule has 0 saturated carbocycles. The minimum absolute atomic E-state index is 0.107. The molecule has 0 unspecified atom stereocenters. The molecule has 19 heavy (non-hydrogen) atoms. The average molecular weight is 297 g/mol. The van der Waals surface area contributed by atoms with Gasteiger partial charge in [-0.1, -0.05) is 23.2 Å². The summed E-state index contributed by atoms with van der Waals surface area (Å²) in [5.74, 6) is 0.339. The van der Waals surface area contributed by atoms with E-state index in [9.17, 15) is 4.79 Å². The van der Waals surface area contributed by atoms with Gasteiger partial charge >= 0.3 is 0 Å². The van der Waals surface area contributed by atoms with E-state index in [1.54, 1.807) is 31.4 Å². The molecule has 0 aliphatic rings. The van der Waals surface area contributed by atoms with Crippen molar-refractivity contribution in [3.05, 3.63) is 52.3 Å². The summed E-state index contributed by atoms with van der Waals surface area (Å²) in [5.41, 5.74) is 0.854. The highest BCUT2D eigenvalue weighted by Gasteiger charge is 2.12. The standard InChI is InChI=1S/C13H10Cl2N2O2/c1-19-10-4-2-9(3-5-10)17-13(18)11-6-8(14)7-16-12(11)15/h2-7H,1H3,(H,17,18). The van der Waals surface area contributed by atoms with E-state index < -0.39 is 0 Å². The van der Waals surface area contributed by atoms with Gasteiger partial charge in [-0.05, 0) is 30.3 Å². The molecule has 0 saturated heterocycles. The van der Waals surface area contributed by atoms with Crippen LogP contribution in [0.5, 0.6) is 5.75 Å². The highest BCUT2D eigenvalue weighted by atomic mass is 35.5. The van der Waals surface area contributed by atoms with E-state index in [2.05, 4.69) is 10.3 Å². The van der Waals surface area contributed by atoms with Crippen LogP contribution < -0.4 is 10.1 Å². The number of ether oxygens (including phenoxy) is 1. The van der Waals surface area contributed by atoms with Crippen molar-refractivity contribution in [3.63, 3.8) is 0 Å². The van der Waals surface area contributed by atoms with Gasteiger partial charge in [-0.25, -0.2) is 4.98 Å². The van der Waals surface area contributed by atoms with Gasteiger partial charge < -0.3 is 10.1 Å². The van der Waals surface area contributed by atoms with E-state index in [1.165, 1.54) is 12.3 Å². The highest BCUT2D eigenvalue weighted by molar-refractivity contribution is 6.35. The van der Waals surface area contributed by atoms with Crippen LogP contribution in [0.2, 0.25) is 10.2 Å². The lowest BCUT2D eigenvalue weighted by Gasteiger charge is -2.07. The van der Waals surface area contributed by atoms with Crippen molar-refractivity contribution >= 4 is 34.8 Å². The van der Waals surface area contributed by atoms with E-state index in [4.69, 9.17) is 27.9 Å². The van der Waals surface area contributed by atoms with Gasteiger partial charge in [0.05, 0.1) is 17.7 Å². The summed E-state index contributed by atoms with van der Waals surface area (Å²) >= 11 is 11.6. The summed E-state index contributed by atoms with van der Waals surface area (Å²) in [6, 6.07) is 8.40. The average Bonchev–Trinajstić information content (AvgIpc) is 2.42. The number of anilines is 1. The number of nitrogens with zero attached hydrogens (tertiary/aromatic N) is 1. The van der Waals surface area contributed by atoms with Crippen molar-refractivity contribution in [2.75, 3.05) is 12.4 Å². The van der Waals surface area contributed by atoms with Crippen LogP contribution in [0.25, 0.3) is 0 Å². The Balaban J connectivity index is 2.18. The summed E-state index contributed by atoms with van der Waals surface area (Å²) in [4.78, 5) is 15.8. The molecule has 1 amide bonds. The van der Waals surface area contributed by atoms with Crippen LogP contribution in [0, 0.1) is 0 Å². The molecule has 6 heteroatoms. The zero-order valence-corrected chi connectivity index (χ0v) is 11.5. The number of hydrogen-bond donors (Lipinski definition) is 1. The zero-order valence-electron chi connectivity index (χ0n) is 9.98. The van der Waals surface area contributed by atoms with Gasteiger partial charge in [0, 0.05) is 11.9 Å². The third-order valence-corrected chi connectivity index (χ3v) is 2.91. The van der Waals surface area contributed by atoms with Crippen LogP contribution >= 0.6 is 23.2 Å². The molecule has 0 fully saturated rings. The third-order valence-electron chi connectivity index (χ3n) is 2.40. The van der Waals surface area contributed by atoms with Crippen LogP contribution in [0.15, 0.2) is 36.5 Å². The molecule has 98 valence electrons. The second-order valence-electron chi connectivity index (χ2n) is 3.67. The van der Waals surface area contributed by atoms with Gasteiger partial charge in [0.15, 0.2) is 0 Å². The molecule has 0 spiro atoms. The molecular formula is C13H10Cl2N2O2. The number of rotatable bonds is 3. The molecule has 0 radical (unpaired) electrons. The number of carbonyl (C=O) groups excluding carboxylic acids is 1. The second kappa shape index (κ2) is 5.91. The van der Waals surface area contributed by atoms with E-state index in [0.717, 1.165) is 0 Å². The van der Waals surface area contributed by atoms with Gasteiger partial charge in [-0.3, -0.25) is 4.79 Å². The van der Waals surface area contributed by atoms with E-state index in [0.29, 0.717) is 16.5 Å². The van der Waals surface area contributed by atoms with Gasteiger partial charge in [-0.15, -0.1) is 0 Å². The first-order valence-electron chi connectivity index (χ1n) is 5.36. The largest absolute Gasteiger partial charge is 0.497 e. The first-order valence-corrected chi connectivity index (χ1v) is 6.12. The van der Waals surface area contributed by atoms with E-state index in [-0.39, 0.29) is 16.6 Å². The number of amides is 1.